The topological polar surface area (TPSA) is 30.5 Å². The van der Waals surface area contributed by atoms with E-state index in [1.54, 1.807) is 7.11 Å². The Kier molecular flexibility index (Phi) is 8.88. The summed E-state index contributed by atoms with van der Waals surface area (Å²) in [6.45, 7) is 12.0. The minimum Gasteiger partial charge on any atom is -0.379 e. The van der Waals surface area contributed by atoms with Crippen LogP contribution in [0.4, 0.5) is 0 Å². The van der Waals surface area contributed by atoms with Crippen LogP contribution in [0.25, 0.3) is 0 Å². The molecule has 0 radical (unpaired) electrons. The summed E-state index contributed by atoms with van der Waals surface area (Å²) in [4.78, 5) is 0. The highest BCUT2D eigenvalue weighted by Gasteiger charge is 2.36. The zero-order valence-electron chi connectivity index (χ0n) is 14.1. The molecule has 3 heteroatoms. The second-order valence-corrected chi connectivity index (χ2v) is 5.99. The van der Waals surface area contributed by atoms with Crippen LogP contribution in [-0.4, -0.2) is 38.0 Å². The molecule has 0 saturated heterocycles. The standard InChI is InChI=1S/C16H35NO2/c1-8-13-17-14(11-12-15(4,5)18-6)16(9-2,10-3)19-7/h14,17H,8-13H2,1-7H3. The lowest BCUT2D eigenvalue weighted by molar-refractivity contribution is -0.0581. The van der Waals surface area contributed by atoms with E-state index in [0.29, 0.717) is 6.04 Å². The molecule has 0 aromatic carbocycles. The quantitative estimate of drug-likeness (QED) is 0.621. The van der Waals surface area contributed by atoms with Crippen molar-refractivity contribution in [3.8, 4) is 0 Å². The van der Waals surface area contributed by atoms with Crippen LogP contribution in [0, 0.1) is 0 Å². The predicted octanol–water partition coefficient (Wildman–Crippen LogP) is 3.77. The highest BCUT2D eigenvalue weighted by molar-refractivity contribution is 4.92. The Balaban J connectivity index is 4.78. The van der Waals surface area contributed by atoms with Crippen molar-refractivity contribution in [1.82, 2.24) is 5.32 Å². The van der Waals surface area contributed by atoms with Crippen molar-refractivity contribution in [2.75, 3.05) is 20.8 Å². The Bertz CT molecular complexity index is 217. The zero-order valence-corrected chi connectivity index (χ0v) is 14.1. The fourth-order valence-corrected chi connectivity index (χ4v) is 2.64. The Morgan fingerprint density at radius 3 is 1.95 bits per heavy atom. The molecule has 0 aliphatic carbocycles. The molecule has 1 N–H and O–H groups in total. The van der Waals surface area contributed by atoms with Crippen LogP contribution in [0.3, 0.4) is 0 Å². The second kappa shape index (κ2) is 8.93. The van der Waals surface area contributed by atoms with Gasteiger partial charge in [0.2, 0.25) is 0 Å². The van der Waals surface area contributed by atoms with Gasteiger partial charge in [0.1, 0.15) is 0 Å². The number of ether oxygens (including phenoxy) is 2. The highest BCUT2D eigenvalue weighted by atomic mass is 16.5. The van der Waals surface area contributed by atoms with E-state index in [4.69, 9.17) is 9.47 Å². The zero-order chi connectivity index (χ0) is 14.9. The summed E-state index contributed by atoms with van der Waals surface area (Å²) in [6.07, 6.45) is 5.34. The summed E-state index contributed by atoms with van der Waals surface area (Å²) < 4.78 is 11.4. The molecule has 0 fully saturated rings. The maximum absolute atomic E-state index is 5.89. The van der Waals surface area contributed by atoms with Crippen LogP contribution in [0.15, 0.2) is 0 Å². The van der Waals surface area contributed by atoms with E-state index in [1.807, 2.05) is 7.11 Å². The molecule has 0 aliphatic rings. The van der Waals surface area contributed by atoms with Gasteiger partial charge in [0.05, 0.1) is 11.2 Å². The lowest BCUT2D eigenvalue weighted by Gasteiger charge is -2.40. The van der Waals surface area contributed by atoms with Crippen LogP contribution in [0.5, 0.6) is 0 Å². The van der Waals surface area contributed by atoms with Gasteiger partial charge >= 0.3 is 0 Å². The van der Waals surface area contributed by atoms with Crippen molar-refractivity contribution in [2.24, 2.45) is 0 Å². The first-order valence-electron chi connectivity index (χ1n) is 7.75. The van der Waals surface area contributed by atoms with Crippen LogP contribution in [-0.2, 0) is 9.47 Å². The minimum atomic E-state index is -0.0624. The van der Waals surface area contributed by atoms with Crippen molar-refractivity contribution in [3.05, 3.63) is 0 Å². The Morgan fingerprint density at radius 1 is 1.00 bits per heavy atom. The molecule has 116 valence electrons. The number of rotatable bonds is 11. The number of hydrogen-bond acceptors (Lipinski definition) is 3. The molecule has 0 aromatic heterocycles. The maximum Gasteiger partial charge on any atom is 0.0825 e. The lowest BCUT2D eigenvalue weighted by atomic mass is 9.83. The molecule has 3 nitrogen and oxygen atoms in total. The van der Waals surface area contributed by atoms with Crippen molar-refractivity contribution in [2.45, 2.75) is 84.0 Å². The average molecular weight is 273 g/mol. The van der Waals surface area contributed by atoms with Gasteiger partial charge in [-0.05, 0) is 52.5 Å². The van der Waals surface area contributed by atoms with Gasteiger partial charge in [0, 0.05) is 20.3 Å². The van der Waals surface area contributed by atoms with Crippen LogP contribution >= 0.6 is 0 Å². The van der Waals surface area contributed by atoms with Gasteiger partial charge in [0.25, 0.3) is 0 Å². The lowest BCUT2D eigenvalue weighted by Crippen LogP contribution is -2.52. The molecule has 1 atom stereocenters. The van der Waals surface area contributed by atoms with E-state index in [-0.39, 0.29) is 11.2 Å². The molecule has 19 heavy (non-hydrogen) atoms. The van der Waals surface area contributed by atoms with Crippen LogP contribution in [0.2, 0.25) is 0 Å². The Morgan fingerprint density at radius 2 is 1.58 bits per heavy atom. The summed E-state index contributed by atoms with van der Waals surface area (Å²) >= 11 is 0. The molecular weight excluding hydrogens is 238 g/mol. The Hall–Kier alpha value is -0.120. The average Bonchev–Trinajstić information content (AvgIpc) is 2.43. The third kappa shape index (κ3) is 5.80. The van der Waals surface area contributed by atoms with E-state index in [1.165, 1.54) is 0 Å². The third-order valence-corrected chi connectivity index (χ3v) is 4.47. The normalized spacial score (nSPS) is 14.7. The summed E-state index contributed by atoms with van der Waals surface area (Å²) in [6, 6.07) is 0.391. The fourth-order valence-electron chi connectivity index (χ4n) is 2.64. The Labute approximate surface area is 120 Å². The van der Waals surface area contributed by atoms with Crippen LogP contribution < -0.4 is 5.32 Å². The maximum atomic E-state index is 5.89. The first kappa shape index (κ1) is 18.9. The predicted molar refractivity (Wildman–Crippen MR) is 82.7 cm³/mol. The summed E-state index contributed by atoms with van der Waals surface area (Å²) in [5, 5.41) is 3.68. The number of methoxy groups -OCH3 is 2. The molecule has 0 rings (SSSR count). The number of nitrogens with one attached hydrogen (secondary N) is 1. The molecule has 1 unspecified atom stereocenters. The van der Waals surface area contributed by atoms with E-state index in [0.717, 1.165) is 38.6 Å². The SMILES string of the molecule is CCCNC(CCC(C)(C)OC)C(CC)(CC)OC. The van der Waals surface area contributed by atoms with Crippen molar-refractivity contribution in [1.29, 1.82) is 0 Å². The molecular formula is C16H35NO2. The monoisotopic (exact) mass is 273 g/mol. The van der Waals surface area contributed by atoms with Gasteiger partial charge in [-0.25, -0.2) is 0 Å². The smallest absolute Gasteiger partial charge is 0.0825 e. The number of hydrogen-bond donors (Lipinski definition) is 1. The highest BCUT2D eigenvalue weighted by Crippen LogP contribution is 2.29. The van der Waals surface area contributed by atoms with Crippen molar-refractivity contribution >= 4 is 0 Å². The van der Waals surface area contributed by atoms with Crippen LogP contribution in [0.1, 0.15) is 66.7 Å². The van der Waals surface area contributed by atoms with Gasteiger partial charge in [-0.3, -0.25) is 0 Å². The molecule has 0 aliphatic heterocycles. The van der Waals surface area contributed by atoms with E-state index in [2.05, 4.69) is 39.9 Å². The molecule has 0 aromatic rings. The second-order valence-electron chi connectivity index (χ2n) is 5.99. The fraction of sp³-hybridized carbons (Fsp3) is 1.00. The van der Waals surface area contributed by atoms with Gasteiger partial charge < -0.3 is 14.8 Å². The van der Waals surface area contributed by atoms with Gasteiger partial charge in [-0.15, -0.1) is 0 Å². The molecule has 0 spiro atoms. The minimum absolute atomic E-state index is 0.0566. The molecule has 0 bridgehead atoms. The molecule has 0 amide bonds. The van der Waals surface area contributed by atoms with E-state index >= 15 is 0 Å². The van der Waals surface area contributed by atoms with E-state index in [9.17, 15) is 0 Å². The summed E-state index contributed by atoms with van der Waals surface area (Å²) in [5.74, 6) is 0. The van der Waals surface area contributed by atoms with E-state index < -0.39 is 0 Å². The van der Waals surface area contributed by atoms with Crippen molar-refractivity contribution in [3.63, 3.8) is 0 Å². The largest absolute Gasteiger partial charge is 0.379 e. The van der Waals surface area contributed by atoms with Gasteiger partial charge in [0.15, 0.2) is 0 Å². The summed E-state index contributed by atoms with van der Waals surface area (Å²) in [7, 11) is 3.63. The van der Waals surface area contributed by atoms with Crippen molar-refractivity contribution < 1.29 is 9.47 Å². The summed E-state index contributed by atoms with van der Waals surface area (Å²) in [5.41, 5.74) is -0.119. The first-order chi connectivity index (χ1) is 8.91. The molecule has 0 saturated carbocycles. The third-order valence-electron chi connectivity index (χ3n) is 4.47. The van der Waals surface area contributed by atoms with Gasteiger partial charge in [-0.1, -0.05) is 20.8 Å². The van der Waals surface area contributed by atoms with Gasteiger partial charge in [-0.2, -0.15) is 0 Å². The molecule has 0 heterocycles. The first-order valence-corrected chi connectivity index (χ1v) is 7.75.